The predicted octanol–water partition coefficient (Wildman–Crippen LogP) is 6.69. The molecular weight excluding hydrogens is 366 g/mol. The predicted molar refractivity (Wildman–Crippen MR) is 116 cm³/mol. The van der Waals surface area contributed by atoms with Crippen molar-refractivity contribution in [1.82, 2.24) is 0 Å². The van der Waals surface area contributed by atoms with Crippen LogP contribution in [0.1, 0.15) is 43.7 Å². The third-order valence-electron chi connectivity index (χ3n) is 5.97. The normalized spacial score (nSPS) is 20.5. The fraction of sp³-hybridized carbons (Fsp3) is 0.240. The van der Waals surface area contributed by atoms with E-state index in [0.29, 0.717) is 11.4 Å². The monoisotopic (exact) mass is 387 g/mol. The van der Waals surface area contributed by atoms with Crippen LogP contribution in [0.4, 0.5) is 5.69 Å². The number of Topliss-reactive ketones (excluding diaryl/α,β-unsaturated/α-hetero) is 1. The van der Waals surface area contributed by atoms with Crippen molar-refractivity contribution < 1.29 is 4.79 Å². The number of hydrogen-bond donors (Lipinski definition) is 1. The summed E-state index contributed by atoms with van der Waals surface area (Å²) in [6.07, 6.45) is 1.43. The van der Waals surface area contributed by atoms with E-state index in [-0.39, 0.29) is 17.1 Å². The summed E-state index contributed by atoms with van der Waals surface area (Å²) >= 11 is 6.66. The van der Waals surface area contributed by atoms with Crippen molar-refractivity contribution >= 4 is 33.8 Å². The van der Waals surface area contributed by atoms with Gasteiger partial charge in [0.05, 0.1) is 0 Å². The van der Waals surface area contributed by atoms with Gasteiger partial charge in [-0.05, 0) is 45.9 Å². The van der Waals surface area contributed by atoms with E-state index < -0.39 is 0 Å². The molecule has 1 N–H and O–H groups in total. The second-order valence-corrected chi connectivity index (χ2v) is 9.07. The Labute approximate surface area is 170 Å². The highest BCUT2D eigenvalue weighted by molar-refractivity contribution is 6.31. The van der Waals surface area contributed by atoms with Crippen LogP contribution < -0.4 is 5.32 Å². The molecule has 3 aromatic carbocycles. The minimum atomic E-state index is -0.144. The Morgan fingerprint density at radius 2 is 1.71 bits per heavy atom. The van der Waals surface area contributed by atoms with Crippen molar-refractivity contribution in [2.24, 2.45) is 5.41 Å². The van der Waals surface area contributed by atoms with Gasteiger partial charge in [0.15, 0.2) is 5.78 Å². The molecule has 0 saturated carbocycles. The molecule has 3 aromatic rings. The number of rotatable bonds is 1. The van der Waals surface area contributed by atoms with Crippen LogP contribution in [0.2, 0.25) is 5.02 Å². The minimum Gasteiger partial charge on any atom is -0.358 e. The molecule has 1 atom stereocenters. The van der Waals surface area contributed by atoms with Gasteiger partial charge in [-0.2, -0.15) is 0 Å². The Kier molecular flexibility index (Phi) is 3.89. The summed E-state index contributed by atoms with van der Waals surface area (Å²) in [5.41, 5.74) is 5.13. The van der Waals surface area contributed by atoms with E-state index in [1.807, 2.05) is 18.2 Å². The lowest BCUT2D eigenvalue weighted by atomic mass is 9.68. The molecule has 2 nitrogen and oxygen atoms in total. The zero-order chi connectivity index (χ0) is 19.5. The Bertz CT molecular complexity index is 1160. The fourth-order valence-corrected chi connectivity index (χ4v) is 5.07. The SMILES string of the molecule is CC1(C)CC(=O)C2=C(C1)Nc1ccc3ccccc3c1C2c1ccccc1Cl. The number of anilines is 1. The van der Waals surface area contributed by atoms with Crippen molar-refractivity contribution in [1.29, 1.82) is 0 Å². The minimum absolute atomic E-state index is 0.0394. The first-order chi connectivity index (χ1) is 13.4. The zero-order valence-corrected chi connectivity index (χ0v) is 16.8. The van der Waals surface area contributed by atoms with E-state index in [2.05, 4.69) is 61.6 Å². The van der Waals surface area contributed by atoms with Gasteiger partial charge in [0, 0.05) is 34.3 Å². The molecule has 1 aliphatic carbocycles. The lowest BCUT2D eigenvalue weighted by Crippen LogP contribution is -2.34. The van der Waals surface area contributed by atoms with E-state index in [9.17, 15) is 4.79 Å². The maximum atomic E-state index is 13.3. The maximum absolute atomic E-state index is 13.3. The first-order valence-corrected chi connectivity index (χ1v) is 10.1. The van der Waals surface area contributed by atoms with Gasteiger partial charge in [-0.3, -0.25) is 4.79 Å². The Balaban J connectivity index is 1.84. The summed E-state index contributed by atoms with van der Waals surface area (Å²) < 4.78 is 0. The van der Waals surface area contributed by atoms with Crippen molar-refractivity contribution in [3.8, 4) is 0 Å². The van der Waals surface area contributed by atoms with Crippen molar-refractivity contribution in [3.63, 3.8) is 0 Å². The molecule has 2 aliphatic rings. The second kappa shape index (κ2) is 6.22. The van der Waals surface area contributed by atoms with Gasteiger partial charge in [0.2, 0.25) is 0 Å². The van der Waals surface area contributed by atoms with Crippen LogP contribution >= 0.6 is 11.6 Å². The molecule has 1 unspecified atom stereocenters. The van der Waals surface area contributed by atoms with Gasteiger partial charge in [0.25, 0.3) is 0 Å². The smallest absolute Gasteiger partial charge is 0.162 e. The summed E-state index contributed by atoms with van der Waals surface area (Å²) in [4.78, 5) is 13.3. The van der Waals surface area contributed by atoms with E-state index in [1.165, 1.54) is 10.8 Å². The van der Waals surface area contributed by atoms with E-state index in [1.54, 1.807) is 0 Å². The standard InChI is InChI=1S/C25H22ClNO/c1-25(2)13-20-24(21(28)14-25)23(17-9-5-6-10-18(17)26)22-16-8-4-3-7-15(16)11-12-19(22)27-20/h3-12,23,27H,13-14H2,1-2H3. The van der Waals surface area contributed by atoms with Crippen LogP contribution in [0.5, 0.6) is 0 Å². The van der Waals surface area contributed by atoms with Gasteiger partial charge in [-0.25, -0.2) is 0 Å². The fourth-order valence-electron chi connectivity index (χ4n) is 4.82. The second-order valence-electron chi connectivity index (χ2n) is 8.66. The molecule has 0 radical (unpaired) electrons. The van der Waals surface area contributed by atoms with Gasteiger partial charge in [0.1, 0.15) is 0 Å². The van der Waals surface area contributed by atoms with Crippen LogP contribution in [0, 0.1) is 5.41 Å². The van der Waals surface area contributed by atoms with Gasteiger partial charge < -0.3 is 5.32 Å². The molecule has 0 fully saturated rings. The average molecular weight is 388 g/mol. The molecule has 28 heavy (non-hydrogen) atoms. The van der Waals surface area contributed by atoms with Crippen molar-refractivity contribution in [3.05, 3.63) is 88.1 Å². The van der Waals surface area contributed by atoms with Gasteiger partial charge >= 0.3 is 0 Å². The summed E-state index contributed by atoms with van der Waals surface area (Å²) in [7, 11) is 0. The Morgan fingerprint density at radius 3 is 2.54 bits per heavy atom. The summed E-state index contributed by atoms with van der Waals surface area (Å²) in [5, 5.41) is 6.66. The molecule has 5 rings (SSSR count). The Morgan fingerprint density at radius 1 is 0.964 bits per heavy atom. The van der Waals surface area contributed by atoms with Gasteiger partial charge in [-0.1, -0.05) is 74.0 Å². The number of ketones is 1. The highest BCUT2D eigenvalue weighted by atomic mass is 35.5. The van der Waals surface area contributed by atoms with Gasteiger partial charge in [-0.15, -0.1) is 0 Å². The van der Waals surface area contributed by atoms with Crippen LogP contribution in [0.15, 0.2) is 71.9 Å². The average Bonchev–Trinajstić information content (AvgIpc) is 2.65. The van der Waals surface area contributed by atoms with Crippen molar-refractivity contribution in [2.45, 2.75) is 32.6 Å². The number of halogens is 1. The number of allylic oxidation sites excluding steroid dienone is 2. The third-order valence-corrected chi connectivity index (χ3v) is 6.31. The molecule has 0 bridgehead atoms. The first-order valence-electron chi connectivity index (χ1n) is 9.74. The van der Waals surface area contributed by atoms with E-state index >= 15 is 0 Å². The first kappa shape index (κ1) is 17.5. The quantitative estimate of drug-likeness (QED) is 0.503. The van der Waals surface area contributed by atoms with Crippen LogP contribution in [0.25, 0.3) is 10.8 Å². The number of carbonyl (C=O) groups is 1. The molecule has 0 aromatic heterocycles. The lowest BCUT2D eigenvalue weighted by molar-refractivity contribution is -0.118. The number of nitrogens with one attached hydrogen (secondary N) is 1. The molecule has 1 heterocycles. The highest BCUT2D eigenvalue weighted by Crippen LogP contribution is 2.51. The molecular formula is C25H22ClNO. The molecule has 0 spiro atoms. The van der Waals surface area contributed by atoms with Crippen LogP contribution in [-0.2, 0) is 4.79 Å². The number of fused-ring (bicyclic) bond motifs is 3. The lowest BCUT2D eigenvalue weighted by Gasteiger charge is -2.40. The van der Waals surface area contributed by atoms with Crippen molar-refractivity contribution in [2.75, 3.05) is 5.32 Å². The maximum Gasteiger partial charge on any atom is 0.162 e. The summed E-state index contributed by atoms with van der Waals surface area (Å²) in [5.74, 6) is 0.0805. The largest absolute Gasteiger partial charge is 0.358 e. The third kappa shape index (κ3) is 2.67. The number of benzene rings is 3. The van der Waals surface area contributed by atoms with Crippen LogP contribution in [0.3, 0.4) is 0 Å². The molecule has 1 aliphatic heterocycles. The zero-order valence-electron chi connectivity index (χ0n) is 16.1. The van der Waals surface area contributed by atoms with Crippen LogP contribution in [-0.4, -0.2) is 5.78 Å². The summed E-state index contributed by atoms with van der Waals surface area (Å²) in [6.45, 7) is 4.33. The van der Waals surface area contributed by atoms with E-state index in [0.717, 1.165) is 34.5 Å². The molecule has 3 heteroatoms. The number of hydrogen-bond acceptors (Lipinski definition) is 2. The van der Waals surface area contributed by atoms with E-state index in [4.69, 9.17) is 11.6 Å². The summed E-state index contributed by atoms with van der Waals surface area (Å²) in [6, 6.07) is 20.6. The highest BCUT2D eigenvalue weighted by Gasteiger charge is 2.41. The topological polar surface area (TPSA) is 29.1 Å². The molecule has 0 saturated heterocycles. The molecule has 0 amide bonds. The molecule has 140 valence electrons. The number of carbonyl (C=O) groups excluding carboxylic acids is 1. The Hall–Kier alpha value is -2.58.